The molecule has 0 atom stereocenters. The Kier molecular flexibility index (Phi) is 6.80. The molecule has 6 heteroatoms. The number of carbonyl (C=O) groups is 1. The van der Waals surface area contributed by atoms with Gasteiger partial charge in [-0.15, -0.1) is 0 Å². The van der Waals surface area contributed by atoms with Gasteiger partial charge in [0.15, 0.2) is 5.78 Å². The van der Waals surface area contributed by atoms with Crippen LogP contribution in [0.3, 0.4) is 0 Å². The van der Waals surface area contributed by atoms with Crippen LogP contribution < -0.4 is 15.0 Å². The quantitative estimate of drug-likeness (QED) is 0.499. The van der Waals surface area contributed by atoms with Crippen LogP contribution in [0.4, 0.5) is 17.3 Å². The van der Waals surface area contributed by atoms with E-state index in [-0.39, 0.29) is 12.2 Å². The molecule has 0 saturated carbocycles. The minimum absolute atomic E-state index is 0.0390. The first-order valence-electron chi connectivity index (χ1n) is 10.9. The second kappa shape index (κ2) is 10.1. The molecule has 0 unspecified atom stereocenters. The summed E-state index contributed by atoms with van der Waals surface area (Å²) >= 11 is 0. The van der Waals surface area contributed by atoms with Gasteiger partial charge >= 0.3 is 0 Å². The number of benzene rings is 2. The van der Waals surface area contributed by atoms with Crippen LogP contribution >= 0.6 is 0 Å². The van der Waals surface area contributed by atoms with Gasteiger partial charge in [0.05, 0.1) is 12.8 Å². The second-order valence-electron chi connectivity index (χ2n) is 7.91. The Labute approximate surface area is 189 Å². The number of hydrogen-bond donors (Lipinski definition) is 1. The molecule has 6 nitrogen and oxygen atoms in total. The lowest BCUT2D eigenvalue weighted by molar-refractivity contribution is -0.114. The minimum Gasteiger partial charge on any atom is -0.497 e. The zero-order valence-electron chi connectivity index (χ0n) is 18.4. The standard InChI is InChI=1S/C26H28N4O2/c1-3-23(31)15-19-14-20(17-24(16-19)32-2)25-10-11-27-26(29-25)28-21-8-7-9-22(18-21)30-12-5-4-6-13-30/h3,7-11,14,16-18H,1,4-6,12-13,15H2,2H3,(H,27,28,29). The Balaban J connectivity index is 1.57. The van der Waals surface area contributed by atoms with E-state index in [0.717, 1.165) is 35.6 Å². The van der Waals surface area contributed by atoms with E-state index in [1.54, 1.807) is 13.3 Å². The average Bonchev–Trinajstić information content (AvgIpc) is 2.84. The summed E-state index contributed by atoms with van der Waals surface area (Å²) in [6.07, 6.45) is 7.13. The Morgan fingerprint density at radius 2 is 2.00 bits per heavy atom. The Bertz CT molecular complexity index is 1110. The van der Waals surface area contributed by atoms with Gasteiger partial charge in [-0.3, -0.25) is 4.79 Å². The van der Waals surface area contributed by atoms with E-state index in [1.165, 1.54) is 31.0 Å². The third kappa shape index (κ3) is 5.32. The van der Waals surface area contributed by atoms with Gasteiger partial charge in [0.1, 0.15) is 5.75 Å². The van der Waals surface area contributed by atoms with Crippen LogP contribution in [0.15, 0.2) is 67.4 Å². The highest BCUT2D eigenvalue weighted by atomic mass is 16.5. The predicted octanol–water partition coefficient (Wildman–Crippen LogP) is 5.18. The number of ketones is 1. The summed E-state index contributed by atoms with van der Waals surface area (Å²) in [5.74, 6) is 1.16. The van der Waals surface area contributed by atoms with Crippen molar-refractivity contribution in [2.24, 2.45) is 0 Å². The van der Waals surface area contributed by atoms with Gasteiger partial charge in [-0.05, 0) is 73.4 Å². The monoisotopic (exact) mass is 428 g/mol. The highest BCUT2D eigenvalue weighted by Crippen LogP contribution is 2.27. The molecule has 1 aliphatic rings. The number of allylic oxidation sites excluding steroid dienone is 1. The van der Waals surface area contributed by atoms with Crippen molar-refractivity contribution in [3.8, 4) is 17.0 Å². The van der Waals surface area contributed by atoms with Crippen molar-refractivity contribution in [2.75, 3.05) is 30.4 Å². The first kappa shape index (κ1) is 21.6. The van der Waals surface area contributed by atoms with Crippen LogP contribution in [0.25, 0.3) is 11.3 Å². The lowest BCUT2D eigenvalue weighted by Gasteiger charge is -2.29. The molecule has 32 heavy (non-hydrogen) atoms. The molecule has 0 aliphatic carbocycles. The van der Waals surface area contributed by atoms with E-state index in [0.29, 0.717) is 11.7 Å². The van der Waals surface area contributed by atoms with Gasteiger partial charge in [-0.1, -0.05) is 12.6 Å². The number of nitrogens with zero attached hydrogens (tertiary/aromatic N) is 3. The average molecular weight is 429 g/mol. The number of hydrogen-bond acceptors (Lipinski definition) is 6. The van der Waals surface area contributed by atoms with Crippen LogP contribution in [-0.4, -0.2) is 36.0 Å². The highest BCUT2D eigenvalue weighted by Gasteiger charge is 2.12. The first-order chi connectivity index (χ1) is 15.6. The van der Waals surface area contributed by atoms with Crippen LogP contribution in [0.2, 0.25) is 0 Å². The normalized spacial score (nSPS) is 13.5. The van der Waals surface area contributed by atoms with Crippen molar-refractivity contribution in [3.05, 3.63) is 72.9 Å². The number of piperidine rings is 1. The maximum Gasteiger partial charge on any atom is 0.227 e. The van der Waals surface area contributed by atoms with Crippen LogP contribution in [0.5, 0.6) is 5.75 Å². The van der Waals surface area contributed by atoms with Crippen molar-refractivity contribution >= 4 is 23.1 Å². The molecule has 2 aromatic carbocycles. The van der Waals surface area contributed by atoms with Crippen molar-refractivity contribution in [3.63, 3.8) is 0 Å². The van der Waals surface area contributed by atoms with Crippen molar-refractivity contribution in [1.29, 1.82) is 0 Å². The highest BCUT2D eigenvalue weighted by molar-refractivity contribution is 5.91. The second-order valence-corrected chi connectivity index (χ2v) is 7.91. The lowest BCUT2D eigenvalue weighted by Crippen LogP contribution is -2.29. The minimum atomic E-state index is -0.0390. The number of carbonyl (C=O) groups excluding carboxylic acids is 1. The molecule has 0 bridgehead atoms. The Morgan fingerprint density at radius 3 is 2.78 bits per heavy atom. The zero-order valence-corrected chi connectivity index (χ0v) is 18.4. The fourth-order valence-electron chi connectivity index (χ4n) is 3.94. The maximum atomic E-state index is 11.8. The molecule has 1 aromatic heterocycles. The molecule has 4 rings (SSSR count). The summed E-state index contributed by atoms with van der Waals surface area (Å²) in [5.41, 5.74) is 4.64. The molecule has 1 saturated heterocycles. The number of nitrogens with one attached hydrogen (secondary N) is 1. The van der Waals surface area contributed by atoms with E-state index >= 15 is 0 Å². The summed E-state index contributed by atoms with van der Waals surface area (Å²) in [7, 11) is 1.61. The molecule has 0 amide bonds. The largest absolute Gasteiger partial charge is 0.497 e. The molecule has 1 aliphatic heterocycles. The molecular formula is C26H28N4O2. The molecule has 2 heterocycles. The zero-order chi connectivity index (χ0) is 22.3. The third-order valence-electron chi connectivity index (χ3n) is 5.58. The van der Waals surface area contributed by atoms with Gasteiger partial charge in [-0.25, -0.2) is 9.97 Å². The molecule has 0 spiro atoms. The van der Waals surface area contributed by atoms with Crippen LogP contribution in [0, 0.1) is 0 Å². The van der Waals surface area contributed by atoms with Gasteiger partial charge < -0.3 is 15.0 Å². The summed E-state index contributed by atoms with van der Waals surface area (Å²) in [4.78, 5) is 23.3. The topological polar surface area (TPSA) is 67.3 Å². The predicted molar refractivity (Wildman–Crippen MR) is 129 cm³/mol. The smallest absolute Gasteiger partial charge is 0.227 e. The molecule has 1 fully saturated rings. The summed E-state index contributed by atoms with van der Waals surface area (Å²) in [6, 6.07) is 15.9. The molecule has 3 aromatic rings. The number of rotatable bonds is 8. The van der Waals surface area contributed by atoms with Gasteiger partial charge in [-0.2, -0.15) is 0 Å². The van der Waals surface area contributed by atoms with E-state index in [4.69, 9.17) is 9.72 Å². The Morgan fingerprint density at radius 1 is 1.16 bits per heavy atom. The molecular weight excluding hydrogens is 400 g/mol. The van der Waals surface area contributed by atoms with E-state index < -0.39 is 0 Å². The number of aromatic nitrogens is 2. The fourth-order valence-corrected chi connectivity index (χ4v) is 3.94. The molecule has 0 radical (unpaired) electrons. The summed E-state index contributed by atoms with van der Waals surface area (Å²) in [5, 5.41) is 3.33. The third-order valence-corrected chi connectivity index (χ3v) is 5.58. The van der Waals surface area contributed by atoms with Crippen molar-refractivity contribution < 1.29 is 9.53 Å². The number of methoxy groups -OCH3 is 1. The molecule has 164 valence electrons. The summed E-state index contributed by atoms with van der Waals surface area (Å²) in [6.45, 7) is 5.75. The molecule has 1 N–H and O–H groups in total. The van der Waals surface area contributed by atoms with Crippen LogP contribution in [0.1, 0.15) is 24.8 Å². The lowest BCUT2D eigenvalue weighted by atomic mass is 10.0. The van der Waals surface area contributed by atoms with E-state index in [1.807, 2.05) is 30.3 Å². The van der Waals surface area contributed by atoms with Crippen molar-refractivity contribution in [2.45, 2.75) is 25.7 Å². The van der Waals surface area contributed by atoms with E-state index in [9.17, 15) is 4.79 Å². The fraction of sp³-hybridized carbons (Fsp3) is 0.269. The maximum absolute atomic E-state index is 11.8. The number of ether oxygens (including phenoxy) is 1. The van der Waals surface area contributed by atoms with E-state index in [2.05, 4.69) is 40.0 Å². The van der Waals surface area contributed by atoms with Gasteiger partial charge in [0.2, 0.25) is 5.95 Å². The van der Waals surface area contributed by atoms with Gasteiger partial charge in [0.25, 0.3) is 0 Å². The SMILES string of the molecule is C=CC(=O)Cc1cc(OC)cc(-c2ccnc(Nc3cccc(N4CCCCC4)c3)n2)c1. The van der Waals surface area contributed by atoms with Gasteiger partial charge in [0, 0.05) is 42.6 Å². The van der Waals surface area contributed by atoms with Crippen LogP contribution in [-0.2, 0) is 11.2 Å². The summed E-state index contributed by atoms with van der Waals surface area (Å²) < 4.78 is 5.43. The first-order valence-corrected chi connectivity index (χ1v) is 10.9. The van der Waals surface area contributed by atoms with Crippen molar-refractivity contribution in [1.82, 2.24) is 9.97 Å². The number of anilines is 3. The Hall–Kier alpha value is -3.67.